The predicted octanol–water partition coefficient (Wildman–Crippen LogP) is 6.23. The normalized spacial score (nSPS) is 22.4. The van der Waals surface area contributed by atoms with Crippen molar-refractivity contribution in [3.63, 3.8) is 0 Å². The quantitative estimate of drug-likeness (QED) is 0.526. The van der Waals surface area contributed by atoms with E-state index in [2.05, 4.69) is 63.3 Å². The van der Waals surface area contributed by atoms with Gasteiger partial charge in [0.25, 0.3) is 0 Å². The Hall–Kier alpha value is -1.12. The van der Waals surface area contributed by atoms with Crippen molar-refractivity contribution in [1.29, 1.82) is 0 Å². The zero-order valence-electron chi connectivity index (χ0n) is 15.7. The van der Waals surface area contributed by atoms with Gasteiger partial charge in [0.15, 0.2) is 0 Å². The van der Waals surface area contributed by atoms with Crippen molar-refractivity contribution in [3.05, 3.63) is 48.0 Å². The molecule has 2 heteroatoms. The third kappa shape index (κ3) is 6.07. The van der Waals surface area contributed by atoms with Gasteiger partial charge < -0.3 is 9.47 Å². The highest BCUT2D eigenvalue weighted by molar-refractivity contribution is 5.17. The largest absolute Gasteiger partial charge is 0.371 e. The lowest BCUT2D eigenvalue weighted by molar-refractivity contribution is -0.141. The van der Waals surface area contributed by atoms with Gasteiger partial charge in [-0.05, 0) is 57.4 Å². The first-order chi connectivity index (χ1) is 11.7. The van der Waals surface area contributed by atoms with Gasteiger partial charge in [0.2, 0.25) is 0 Å². The van der Waals surface area contributed by atoms with E-state index in [1.165, 1.54) is 18.4 Å². The standard InChI is InChI=1S/C22H34O2/c1-4-21(19-14-10-9-11-15-19)23-18-22(3,5-2)24-20-16-12-7-6-8-13-17-20/h6-7,9-11,14-15,20-21H,4-5,8,12-13,16-18H2,1-3H3. The molecule has 0 spiro atoms. The van der Waals surface area contributed by atoms with E-state index in [9.17, 15) is 0 Å². The molecular formula is C22H34O2. The summed E-state index contributed by atoms with van der Waals surface area (Å²) in [6.45, 7) is 7.25. The SMILES string of the molecule is CCC(OCC(C)(CC)OC1CCC=CCCC1)c1ccccc1. The first-order valence-corrected chi connectivity index (χ1v) is 9.66. The van der Waals surface area contributed by atoms with Crippen LogP contribution in [-0.4, -0.2) is 18.3 Å². The van der Waals surface area contributed by atoms with E-state index < -0.39 is 0 Å². The topological polar surface area (TPSA) is 18.5 Å². The van der Waals surface area contributed by atoms with E-state index in [1.54, 1.807) is 0 Å². The summed E-state index contributed by atoms with van der Waals surface area (Å²) >= 11 is 0. The number of ether oxygens (including phenoxy) is 2. The lowest BCUT2D eigenvalue weighted by Crippen LogP contribution is -2.38. The molecule has 0 heterocycles. The van der Waals surface area contributed by atoms with Gasteiger partial charge in [-0.1, -0.05) is 56.3 Å². The van der Waals surface area contributed by atoms with Gasteiger partial charge in [0, 0.05) is 0 Å². The van der Waals surface area contributed by atoms with Crippen molar-refractivity contribution in [2.45, 2.75) is 83.5 Å². The summed E-state index contributed by atoms with van der Waals surface area (Å²) in [5.74, 6) is 0. The number of rotatable bonds is 8. The third-order valence-corrected chi connectivity index (χ3v) is 5.05. The summed E-state index contributed by atoms with van der Waals surface area (Å²) in [5, 5.41) is 0. The van der Waals surface area contributed by atoms with Crippen LogP contribution in [0.25, 0.3) is 0 Å². The lowest BCUT2D eigenvalue weighted by atomic mass is 9.99. The summed E-state index contributed by atoms with van der Waals surface area (Å²) in [4.78, 5) is 0. The number of allylic oxidation sites excluding steroid dienone is 2. The van der Waals surface area contributed by atoms with Crippen LogP contribution in [-0.2, 0) is 9.47 Å². The summed E-state index contributed by atoms with van der Waals surface area (Å²) in [5.41, 5.74) is 1.06. The fraction of sp³-hybridized carbons (Fsp3) is 0.636. The molecule has 0 aromatic heterocycles. The summed E-state index contributed by atoms with van der Waals surface area (Å²) in [7, 11) is 0. The average molecular weight is 331 g/mol. The lowest BCUT2D eigenvalue weighted by Gasteiger charge is -2.35. The molecule has 1 aliphatic carbocycles. The zero-order valence-corrected chi connectivity index (χ0v) is 15.7. The Morgan fingerprint density at radius 2 is 1.83 bits per heavy atom. The van der Waals surface area contributed by atoms with E-state index in [1.807, 2.05) is 0 Å². The van der Waals surface area contributed by atoms with Crippen LogP contribution in [0.5, 0.6) is 0 Å². The molecule has 0 radical (unpaired) electrons. The van der Waals surface area contributed by atoms with Crippen molar-refractivity contribution in [3.8, 4) is 0 Å². The van der Waals surface area contributed by atoms with Crippen molar-refractivity contribution in [1.82, 2.24) is 0 Å². The molecule has 0 saturated carbocycles. The maximum absolute atomic E-state index is 6.54. The molecule has 0 bridgehead atoms. The second-order valence-electron chi connectivity index (χ2n) is 7.14. The van der Waals surface area contributed by atoms with E-state index >= 15 is 0 Å². The van der Waals surface area contributed by atoms with Crippen molar-refractivity contribution in [2.24, 2.45) is 0 Å². The molecule has 0 saturated heterocycles. The minimum absolute atomic E-state index is 0.154. The van der Waals surface area contributed by atoms with Gasteiger partial charge in [-0.15, -0.1) is 0 Å². The first kappa shape index (κ1) is 19.2. The molecule has 3 atom stereocenters. The fourth-order valence-electron chi connectivity index (χ4n) is 3.26. The molecule has 2 nitrogen and oxygen atoms in total. The summed E-state index contributed by atoms with van der Waals surface area (Å²) in [6.07, 6.45) is 12.9. The van der Waals surface area contributed by atoms with E-state index in [0.29, 0.717) is 12.7 Å². The molecule has 0 fully saturated rings. The van der Waals surface area contributed by atoms with Gasteiger partial charge >= 0.3 is 0 Å². The summed E-state index contributed by atoms with van der Waals surface area (Å²) < 4.78 is 12.8. The van der Waals surface area contributed by atoms with Crippen LogP contribution in [0.3, 0.4) is 0 Å². The van der Waals surface area contributed by atoms with Gasteiger partial charge in [0.05, 0.1) is 24.4 Å². The van der Waals surface area contributed by atoms with Crippen LogP contribution in [0.2, 0.25) is 0 Å². The molecule has 134 valence electrons. The van der Waals surface area contributed by atoms with Crippen LogP contribution >= 0.6 is 0 Å². The Morgan fingerprint density at radius 1 is 1.08 bits per heavy atom. The maximum atomic E-state index is 6.54. The van der Waals surface area contributed by atoms with Gasteiger partial charge in [-0.3, -0.25) is 0 Å². The molecule has 24 heavy (non-hydrogen) atoms. The smallest absolute Gasteiger partial charge is 0.0888 e. The second-order valence-corrected chi connectivity index (χ2v) is 7.14. The molecule has 0 aliphatic heterocycles. The molecule has 1 aromatic rings. The van der Waals surface area contributed by atoms with Crippen LogP contribution in [0, 0.1) is 0 Å². The fourth-order valence-corrected chi connectivity index (χ4v) is 3.26. The minimum Gasteiger partial charge on any atom is -0.371 e. The number of hydrogen-bond donors (Lipinski definition) is 0. The van der Waals surface area contributed by atoms with Crippen molar-refractivity contribution < 1.29 is 9.47 Å². The number of benzene rings is 1. The Morgan fingerprint density at radius 3 is 2.54 bits per heavy atom. The van der Waals surface area contributed by atoms with Crippen LogP contribution < -0.4 is 0 Å². The van der Waals surface area contributed by atoms with Crippen LogP contribution in [0.4, 0.5) is 0 Å². The predicted molar refractivity (Wildman–Crippen MR) is 101 cm³/mol. The molecule has 3 unspecified atom stereocenters. The van der Waals surface area contributed by atoms with E-state index in [4.69, 9.17) is 9.47 Å². The van der Waals surface area contributed by atoms with E-state index in [0.717, 1.165) is 32.1 Å². The minimum atomic E-state index is -0.199. The van der Waals surface area contributed by atoms with Gasteiger partial charge in [-0.25, -0.2) is 0 Å². The highest BCUT2D eigenvalue weighted by atomic mass is 16.6. The third-order valence-electron chi connectivity index (χ3n) is 5.05. The highest BCUT2D eigenvalue weighted by Gasteiger charge is 2.28. The highest BCUT2D eigenvalue weighted by Crippen LogP contribution is 2.28. The van der Waals surface area contributed by atoms with Crippen molar-refractivity contribution in [2.75, 3.05) is 6.61 Å². The van der Waals surface area contributed by atoms with Crippen LogP contribution in [0.15, 0.2) is 42.5 Å². The maximum Gasteiger partial charge on any atom is 0.0888 e. The van der Waals surface area contributed by atoms with Gasteiger partial charge in [-0.2, -0.15) is 0 Å². The second kappa shape index (κ2) is 10.0. The zero-order chi connectivity index (χ0) is 17.3. The van der Waals surface area contributed by atoms with Crippen LogP contribution in [0.1, 0.15) is 77.4 Å². The summed E-state index contributed by atoms with van der Waals surface area (Å²) in [6, 6.07) is 10.5. The van der Waals surface area contributed by atoms with Crippen molar-refractivity contribution >= 4 is 0 Å². The molecule has 2 rings (SSSR count). The molecule has 0 N–H and O–H groups in total. The first-order valence-electron chi connectivity index (χ1n) is 9.66. The Labute approximate surface area is 148 Å². The monoisotopic (exact) mass is 330 g/mol. The molecule has 1 aromatic carbocycles. The Bertz CT molecular complexity index is 482. The van der Waals surface area contributed by atoms with E-state index in [-0.39, 0.29) is 11.7 Å². The van der Waals surface area contributed by atoms with Gasteiger partial charge in [0.1, 0.15) is 0 Å². The molecular weight excluding hydrogens is 296 g/mol. The average Bonchev–Trinajstić information content (AvgIpc) is 2.59. The number of hydrogen-bond acceptors (Lipinski definition) is 2. The Balaban J connectivity index is 1.92. The molecule has 1 aliphatic rings. The Kier molecular flexibility index (Phi) is 8.01. The molecule has 0 amide bonds.